The van der Waals surface area contributed by atoms with Crippen molar-refractivity contribution in [1.29, 1.82) is 0 Å². The minimum atomic E-state index is -3.47. The van der Waals surface area contributed by atoms with Crippen LogP contribution in [0.5, 0.6) is 0 Å². The van der Waals surface area contributed by atoms with Crippen molar-refractivity contribution in [3.05, 3.63) is 0 Å². The highest BCUT2D eigenvalue weighted by atomic mass is 31.2. The van der Waals surface area contributed by atoms with E-state index in [0.717, 1.165) is 64.2 Å². The van der Waals surface area contributed by atoms with E-state index in [1.165, 1.54) is 0 Å². The van der Waals surface area contributed by atoms with Crippen LogP contribution in [-0.2, 0) is 18.1 Å². The van der Waals surface area contributed by atoms with E-state index >= 15 is 0 Å². The average molecular weight is 350 g/mol. The zero-order valence-corrected chi connectivity index (χ0v) is 16.9. The molecule has 0 saturated heterocycles. The van der Waals surface area contributed by atoms with Crippen LogP contribution in [0.15, 0.2) is 0 Å². The Morgan fingerprint density at radius 1 is 0.696 bits per heavy atom. The van der Waals surface area contributed by atoms with Crippen LogP contribution in [0.1, 0.15) is 98.8 Å². The number of phosphoric ester groups is 1. The average Bonchev–Trinajstić information content (AvgIpc) is 2.51. The van der Waals surface area contributed by atoms with E-state index in [1.54, 1.807) is 0 Å². The maximum atomic E-state index is 13.0. The SMILES string of the molecule is CCCCC(CCC)OP(=O)(OCC)OC(CCC)CCCC. The third kappa shape index (κ3) is 11.3. The van der Waals surface area contributed by atoms with E-state index in [-0.39, 0.29) is 12.2 Å². The normalized spacial score (nSPS) is 16.9. The number of hydrogen-bond donors (Lipinski definition) is 0. The lowest BCUT2D eigenvalue weighted by molar-refractivity contribution is 0.0421. The highest BCUT2D eigenvalue weighted by molar-refractivity contribution is 7.48. The molecule has 0 aliphatic rings. The summed E-state index contributed by atoms with van der Waals surface area (Å²) in [5.74, 6) is 0. The second kappa shape index (κ2) is 14.5. The van der Waals surface area contributed by atoms with Crippen molar-refractivity contribution in [3.63, 3.8) is 0 Å². The maximum absolute atomic E-state index is 13.0. The molecule has 140 valence electrons. The molecule has 2 unspecified atom stereocenters. The van der Waals surface area contributed by atoms with Crippen LogP contribution in [0, 0.1) is 0 Å². The molecule has 0 rings (SSSR count). The molecular formula is C18H39O4P. The molecule has 2 atom stereocenters. The largest absolute Gasteiger partial charge is 0.475 e. The smallest absolute Gasteiger partial charge is 0.287 e. The van der Waals surface area contributed by atoms with Crippen molar-refractivity contribution in [2.45, 2.75) is 111 Å². The topological polar surface area (TPSA) is 44.8 Å². The Bertz CT molecular complexity index is 285. The van der Waals surface area contributed by atoms with Gasteiger partial charge in [-0.15, -0.1) is 0 Å². The first-order chi connectivity index (χ1) is 11.0. The Hall–Kier alpha value is 0.110. The van der Waals surface area contributed by atoms with Gasteiger partial charge in [-0.2, -0.15) is 0 Å². The fraction of sp³-hybridized carbons (Fsp3) is 1.00. The van der Waals surface area contributed by atoms with Crippen LogP contribution in [0.2, 0.25) is 0 Å². The molecule has 0 heterocycles. The summed E-state index contributed by atoms with van der Waals surface area (Å²) in [6, 6.07) is 0. The summed E-state index contributed by atoms with van der Waals surface area (Å²) in [7, 11) is -3.47. The van der Waals surface area contributed by atoms with Gasteiger partial charge in [-0.05, 0) is 32.6 Å². The third-order valence-electron chi connectivity index (χ3n) is 3.82. The number of hydrogen-bond acceptors (Lipinski definition) is 4. The van der Waals surface area contributed by atoms with Gasteiger partial charge in [0.1, 0.15) is 0 Å². The highest BCUT2D eigenvalue weighted by Crippen LogP contribution is 2.53. The van der Waals surface area contributed by atoms with Gasteiger partial charge in [-0.25, -0.2) is 4.57 Å². The van der Waals surface area contributed by atoms with Gasteiger partial charge in [-0.3, -0.25) is 13.6 Å². The summed E-state index contributed by atoms with van der Waals surface area (Å²) in [6.45, 7) is 10.7. The molecule has 0 aromatic rings. The molecule has 0 spiro atoms. The highest BCUT2D eigenvalue weighted by Gasteiger charge is 2.33. The van der Waals surface area contributed by atoms with Gasteiger partial charge in [0.25, 0.3) is 0 Å². The lowest BCUT2D eigenvalue weighted by Gasteiger charge is -2.27. The lowest BCUT2D eigenvalue weighted by Crippen LogP contribution is -2.18. The number of phosphoric acid groups is 1. The second-order valence-corrected chi connectivity index (χ2v) is 7.76. The molecule has 0 aliphatic heterocycles. The Morgan fingerprint density at radius 2 is 1.13 bits per heavy atom. The van der Waals surface area contributed by atoms with Crippen molar-refractivity contribution >= 4 is 7.82 Å². The van der Waals surface area contributed by atoms with Crippen LogP contribution < -0.4 is 0 Å². The molecule has 5 heteroatoms. The quantitative estimate of drug-likeness (QED) is 0.285. The standard InChI is InChI=1S/C18H39O4P/c1-6-11-15-17(13-8-3)21-23(19,20-10-5)22-18(14-9-4)16-12-7-2/h17-18H,6-16H2,1-5H3. The summed E-state index contributed by atoms with van der Waals surface area (Å²) in [5, 5.41) is 0. The summed E-state index contributed by atoms with van der Waals surface area (Å²) in [5.41, 5.74) is 0. The van der Waals surface area contributed by atoms with E-state index in [0.29, 0.717) is 6.61 Å². The van der Waals surface area contributed by atoms with E-state index < -0.39 is 7.82 Å². The van der Waals surface area contributed by atoms with Crippen LogP contribution in [-0.4, -0.2) is 18.8 Å². The van der Waals surface area contributed by atoms with Crippen LogP contribution in [0.25, 0.3) is 0 Å². The van der Waals surface area contributed by atoms with Gasteiger partial charge in [0.05, 0.1) is 18.8 Å². The van der Waals surface area contributed by atoms with Crippen molar-refractivity contribution in [1.82, 2.24) is 0 Å². The van der Waals surface area contributed by atoms with Gasteiger partial charge in [-0.1, -0.05) is 66.2 Å². The van der Waals surface area contributed by atoms with Crippen molar-refractivity contribution < 1.29 is 18.1 Å². The predicted octanol–water partition coefficient (Wildman–Crippen LogP) is 6.88. The Balaban J connectivity index is 4.85. The molecule has 0 aromatic heterocycles. The van der Waals surface area contributed by atoms with Crippen molar-refractivity contribution in [3.8, 4) is 0 Å². The van der Waals surface area contributed by atoms with E-state index in [1.807, 2.05) is 6.92 Å². The molecule has 4 nitrogen and oxygen atoms in total. The Morgan fingerprint density at radius 3 is 1.43 bits per heavy atom. The molecule has 0 saturated carbocycles. The van der Waals surface area contributed by atoms with Gasteiger partial charge in [0.2, 0.25) is 0 Å². The predicted molar refractivity (Wildman–Crippen MR) is 97.8 cm³/mol. The first-order valence-corrected chi connectivity index (χ1v) is 11.1. The molecular weight excluding hydrogens is 311 g/mol. The fourth-order valence-electron chi connectivity index (χ4n) is 2.62. The van der Waals surface area contributed by atoms with Crippen LogP contribution in [0.3, 0.4) is 0 Å². The number of rotatable bonds is 16. The molecule has 0 aromatic carbocycles. The maximum Gasteiger partial charge on any atom is 0.475 e. The monoisotopic (exact) mass is 350 g/mol. The second-order valence-electron chi connectivity index (χ2n) is 6.18. The lowest BCUT2D eigenvalue weighted by atomic mass is 10.1. The van der Waals surface area contributed by atoms with Crippen molar-refractivity contribution in [2.24, 2.45) is 0 Å². The molecule has 0 fully saturated rings. The zero-order chi connectivity index (χ0) is 17.6. The van der Waals surface area contributed by atoms with Gasteiger partial charge in [0.15, 0.2) is 0 Å². The van der Waals surface area contributed by atoms with E-state index in [9.17, 15) is 4.57 Å². The molecule has 0 radical (unpaired) electrons. The number of unbranched alkanes of at least 4 members (excludes halogenated alkanes) is 2. The Labute approximate surface area is 144 Å². The van der Waals surface area contributed by atoms with Crippen LogP contribution in [0.4, 0.5) is 0 Å². The first kappa shape index (κ1) is 23.1. The zero-order valence-electron chi connectivity index (χ0n) is 16.0. The fourth-order valence-corrected chi connectivity index (χ4v) is 4.26. The summed E-state index contributed by atoms with van der Waals surface area (Å²) in [4.78, 5) is 0. The molecule has 0 N–H and O–H groups in total. The Kier molecular flexibility index (Phi) is 14.5. The summed E-state index contributed by atoms with van der Waals surface area (Å²) < 4.78 is 30.3. The van der Waals surface area contributed by atoms with Gasteiger partial charge < -0.3 is 0 Å². The van der Waals surface area contributed by atoms with Crippen molar-refractivity contribution in [2.75, 3.05) is 6.61 Å². The molecule has 0 amide bonds. The van der Waals surface area contributed by atoms with Crippen LogP contribution >= 0.6 is 7.82 Å². The minimum absolute atomic E-state index is 0.0363. The minimum Gasteiger partial charge on any atom is -0.287 e. The molecule has 23 heavy (non-hydrogen) atoms. The molecule has 0 aliphatic carbocycles. The van der Waals surface area contributed by atoms with Gasteiger partial charge >= 0.3 is 7.82 Å². The van der Waals surface area contributed by atoms with E-state index in [2.05, 4.69) is 27.7 Å². The summed E-state index contributed by atoms with van der Waals surface area (Å²) >= 11 is 0. The van der Waals surface area contributed by atoms with Gasteiger partial charge in [0, 0.05) is 0 Å². The van der Waals surface area contributed by atoms with E-state index in [4.69, 9.17) is 13.6 Å². The first-order valence-electron chi connectivity index (χ1n) is 9.66. The third-order valence-corrected chi connectivity index (χ3v) is 5.51. The summed E-state index contributed by atoms with van der Waals surface area (Å²) in [6.07, 6.45) is 9.94. The molecule has 0 bridgehead atoms.